The van der Waals surface area contributed by atoms with E-state index in [0.717, 1.165) is 16.9 Å². The molecule has 1 fully saturated rings. The Bertz CT molecular complexity index is 990. The van der Waals surface area contributed by atoms with Crippen molar-refractivity contribution in [2.75, 3.05) is 11.9 Å². The van der Waals surface area contributed by atoms with E-state index in [1.54, 1.807) is 49.4 Å². The first-order valence-corrected chi connectivity index (χ1v) is 10.0. The van der Waals surface area contributed by atoms with Gasteiger partial charge in [-0.1, -0.05) is 49.4 Å². The highest BCUT2D eigenvalue weighted by atomic mass is 16.5. The van der Waals surface area contributed by atoms with E-state index in [1.807, 2.05) is 19.1 Å². The Balaban J connectivity index is 1.58. The van der Waals surface area contributed by atoms with Gasteiger partial charge in [0.25, 0.3) is 11.8 Å². The molecular formula is C23H25N3O5. The number of urea groups is 1. The van der Waals surface area contributed by atoms with Crippen LogP contribution < -0.4 is 10.6 Å². The van der Waals surface area contributed by atoms with Crippen molar-refractivity contribution in [3.05, 3.63) is 65.7 Å². The van der Waals surface area contributed by atoms with E-state index < -0.39 is 42.0 Å². The molecule has 3 rings (SSSR count). The molecule has 0 spiro atoms. The smallest absolute Gasteiger partial charge is 0.327 e. The van der Waals surface area contributed by atoms with Crippen LogP contribution in [0.15, 0.2) is 54.6 Å². The fourth-order valence-electron chi connectivity index (χ4n) is 3.29. The second kappa shape index (κ2) is 8.99. The second-order valence-corrected chi connectivity index (χ2v) is 7.48. The van der Waals surface area contributed by atoms with E-state index in [-0.39, 0.29) is 0 Å². The molecule has 2 aromatic carbocycles. The summed E-state index contributed by atoms with van der Waals surface area (Å²) in [6, 6.07) is 15.4. The molecule has 1 saturated heterocycles. The van der Waals surface area contributed by atoms with E-state index in [1.165, 1.54) is 6.92 Å². The standard InChI is InChI=1S/C23H25N3O5/c1-4-16-10-12-18(13-11-16)24-20(28)15(2)31-19(27)14-26-21(29)23(3,25-22(26)30)17-8-6-5-7-9-17/h5-13,15H,4,14H2,1-3H3,(H,24,28)(H,25,30)/t15-,23+/m1/s1. The minimum atomic E-state index is -1.27. The molecule has 0 aliphatic carbocycles. The first-order valence-electron chi connectivity index (χ1n) is 10.0. The van der Waals surface area contributed by atoms with Gasteiger partial charge in [-0.05, 0) is 43.5 Å². The van der Waals surface area contributed by atoms with E-state index in [9.17, 15) is 19.2 Å². The van der Waals surface area contributed by atoms with Gasteiger partial charge in [0.1, 0.15) is 12.1 Å². The van der Waals surface area contributed by atoms with Crippen LogP contribution in [0.1, 0.15) is 31.9 Å². The number of hydrogen-bond acceptors (Lipinski definition) is 5. The Morgan fingerprint density at radius 1 is 1.10 bits per heavy atom. The number of carbonyl (C=O) groups excluding carboxylic acids is 4. The molecule has 2 aromatic rings. The number of nitrogens with one attached hydrogen (secondary N) is 2. The fraction of sp³-hybridized carbons (Fsp3) is 0.304. The van der Waals surface area contributed by atoms with E-state index in [4.69, 9.17) is 4.74 Å². The molecule has 162 valence electrons. The molecule has 1 aliphatic rings. The molecular weight excluding hydrogens is 398 g/mol. The Morgan fingerprint density at radius 2 is 1.74 bits per heavy atom. The third-order valence-electron chi connectivity index (χ3n) is 5.22. The van der Waals surface area contributed by atoms with Crippen LogP contribution in [0.25, 0.3) is 0 Å². The van der Waals surface area contributed by atoms with Gasteiger partial charge in [-0.25, -0.2) is 4.79 Å². The highest BCUT2D eigenvalue weighted by molar-refractivity contribution is 6.09. The lowest BCUT2D eigenvalue weighted by molar-refractivity contribution is -0.155. The SMILES string of the molecule is CCc1ccc(NC(=O)[C@@H](C)OC(=O)CN2C(=O)N[C@@](C)(c3ccccc3)C2=O)cc1. The quantitative estimate of drug-likeness (QED) is 0.526. The highest BCUT2D eigenvalue weighted by Gasteiger charge is 2.49. The lowest BCUT2D eigenvalue weighted by atomic mass is 9.92. The maximum absolute atomic E-state index is 12.8. The van der Waals surface area contributed by atoms with Gasteiger partial charge in [0.15, 0.2) is 6.10 Å². The van der Waals surface area contributed by atoms with Crippen LogP contribution in [0.3, 0.4) is 0 Å². The summed E-state index contributed by atoms with van der Waals surface area (Å²) in [5, 5.41) is 5.29. The van der Waals surface area contributed by atoms with Crippen LogP contribution in [0.4, 0.5) is 10.5 Å². The number of anilines is 1. The molecule has 2 N–H and O–H groups in total. The number of esters is 1. The van der Waals surface area contributed by atoms with Crippen LogP contribution in [0.2, 0.25) is 0 Å². The van der Waals surface area contributed by atoms with Crippen molar-refractivity contribution in [1.82, 2.24) is 10.2 Å². The Hall–Kier alpha value is -3.68. The monoisotopic (exact) mass is 423 g/mol. The molecule has 4 amide bonds. The van der Waals surface area contributed by atoms with Crippen LogP contribution in [0, 0.1) is 0 Å². The van der Waals surface area contributed by atoms with Gasteiger partial charge < -0.3 is 15.4 Å². The molecule has 1 heterocycles. The third-order valence-corrected chi connectivity index (χ3v) is 5.22. The summed E-state index contributed by atoms with van der Waals surface area (Å²) >= 11 is 0. The lowest BCUT2D eigenvalue weighted by Crippen LogP contribution is -2.42. The minimum absolute atomic E-state index is 0.510. The summed E-state index contributed by atoms with van der Waals surface area (Å²) in [6.07, 6.45) is -0.214. The zero-order chi connectivity index (χ0) is 22.6. The van der Waals surface area contributed by atoms with Gasteiger partial charge in [-0.3, -0.25) is 19.3 Å². The first-order chi connectivity index (χ1) is 14.7. The summed E-state index contributed by atoms with van der Waals surface area (Å²) in [4.78, 5) is 50.6. The summed E-state index contributed by atoms with van der Waals surface area (Å²) < 4.78 is 5.14. The first kappa shape index (κ1) is 22.0. The topological polar surface area (TPSA) is 105 Å². The van der Waals surface area contributed by atoms with Gasteiger partial charge in [0.2, 0.25) is 0 Å². The predicted octanol–water partition coefficient (Wildman–Crippen LogP) is 2.59. The Morgan fingerprint density at radius 3 is 2.35 bits per heavy atom. The van der Waals surface area contributed by atoms with Gasteiger partial charge in [-0.2, -0.15) is 0 Å². The van der Waals surface area contributed by atoms with Crippen molar-refractivity contribution < 1.29 is 23.9 Å². The highest BCUT2D eigenvalue weighted by Crippen LogP contribution is 2.28. The van der Waals surface area contributed by atoms with E-state index in [0.29, 0.717) is 11.3 Å². The van der Waals surface area contributed by atoms with Crippen LogP contribution in [-0.4, -0.2) is 41.4 Å². The molecule has 0 aromatic heterocycles. The lowest BCUT2D eigenvalue weighted by Gasteiger charge is -2.22. The zero-order valence-corrected chi connectivity index (χ0v) is 17.7. The van der Waals surface area contributed by atoms with Crippen LogP contribution in [0.5, 0.6) is 0 Å². The molecule has 0 bridgehead atoms. The maximum atomic E-state index is 12.8. The number of aryl methyl sites for hydroxylation is 1. The molecule has 0 radical (unpaired) electrons. The Kier molecular flexibility index (Phi) is 6.39. The van der Waals surface area contributed by atoms with Crippen molar-refractivity contribution in [2.45, 2.75) is 38.8 Å². The molecule has 8 heteroatoms. The largest absolute Gasteiger partial charge is 0.451 e. The van der Waals surface area contributed by atoms with Gasteiger partial charge in [0.05, 0.1) is 0 Å². The molecule has 0 unspecified atom stereocenters. The average molecular weight is 423 g/mol. The van der Waals surface area contributed by atoms with Crippen LogP contribution >= 0.6 is 0 Å². The number of rotatable bonds is 7. The van der Waals surface area contributed by atoms with E-state index in [2.05, 4.69) is 10.6 Å². The summed E-state index contributed by atoms with van der Waals surface area (Å²) in [7, 11) is 0. The van der Waals surface area contributed by atoms with Crippen molar-refractivity contribution in [2.24, 2.45) is 0 Å². The number of imide groups is 1. The summed E-state index contributed by atoms with van der Waals surface area (Å²) in [5.41, 5.74) is 1.05. The average Bonchev–Trinajstić information content (AvgIpc) is 2.98. The number of nitrogens with zero attached hydrogens (tertiary/aromatic N) is 1. The number of carbonyl (C=O) groups is 4. The fourth-order valence-corrected chi connectivity index (χ4v) is 3.29. The maximum Gasteiger partial charge on any atom is 0.327 e. The Labute approximate surface area is 180 Å². The number of hydrogen-bond donors (Lipinski definition) is 2. The molecule has 8 nitrogen and oxygen atoms in total. The summed E-state index contributed by atoms with van der Waals surface area (Å²) in [6.45, 7) is 4.44. The minimum Gasteiger partial charge on any atom is -0.451 e. The van der Waals surface area contributed by atoms with Crippen molar-refractivity contribution in [3.63, 3.8) is 0 Å². The number of amides is 4. The molecule has 1 aliphatic heterocycles. The molecule has 0 saturated carbocycles. The zero-order valence-electron chi connectivity index (χ0n) is 17.7. The van der Waals surface area contributed by atoms with Crippen molar-refractivity contribution in [1.29, 1.82) is 0 Å². The third kappa shape index (κ3) is 4.74. The van der Waals surface area contributed by atoms with Crippen molar-refractivity contribution in [3.8, 4) is 0 Å². The van der Waals surface area contributed by atoms with Gasteiger partial charge in [0, 0.05) is 5.69 Å². The van der Waals surface area contributed by atoms with Gasteiger partial charge in [-0.15, -0.1) is 0 Å². The normalized spacial score (nSPS) is 19.0. The molecule has 2 atom stereocenters. The number of ether oxygens (including phenoxy) is 1. The molecule has 31 heavy (non-hydrogen) atoms. The number of benzene rings is 2. The van der Waals surface area contributed by atoms with Gasteiger partial charge >= 0.3 is 12.0 Å². The summed E-state index contributed by atoms with van der Waals surface area (Å²) in [5.74, 6) is -1.93. The van der Waals surface area contributed by atoms with E-state index >= 15 is 0 Å². The van der Waals surface area contributed by atoms with Crippen LogP contribution in [-0.2, 0) is 31.1 Å². The second-order valence-electron chi connectivity index (χ2n) is 7.48. The predicted molar refractivity (Wildman–Crippen MR) is 114 cm³/mol. The van der Waals surface area contributed by atoms with Crippen molar-refractivity contribution >= 4 is 29.5 Å².